The van der Waals surface area contributed by atoms with Crippen LogP contribution in [0.2, 0.25) is 0 Å². The zero-order valence-corrected chi connectivity index (χ0v) is 10.6. The van der Waals surface area contributed by atoms with E-state index in [1.165, 1.54) is 6.20 Å². The summed E-state index contributed by atoms with van der Waals surface area (Å²) >= 11 is 0. The van der Waals surface area contributed by atoms with E-state index < -0.39 is 0 Å². The first-order valence-corrected chi connectivity index (χ1v) is 6.00. The molecule has 5 heteroatoms. The van der Waals surface area contributed by atoms with Crippen LogP contribution in [0.3, 0.4) is 0 Å². The van der Waals surface area contributed by atoms with Crippen molar-refractivity contribution in [2.24, 2.45) is 0 Å². The molecule has 0 radical (unpaired) electrons. The molecular weight excluding hydrogens is 244 g/mol. The molecule has 98 valence electrons. The Morgan fingerprint density at radius 1 is 1.11 bits per heavy atom. The SMILES string of the molecule is CCCOc1nccnc1Oc1ccc(C=O)cc1. The van der Waals surface area contributed by atoms with Crippen LogP contribution in [0.4, 0.5) is 0 Å². The summed E-state index contributed by atoms with van der Waals surface area (Å²) in [5.41, 5.74) is 0.592. The fourth-order valence-electron chi connectivity index (χ4n) is 1.41. The highest BCUT2D eigenvalue weighted by Gasteiger charge is 2.08. The number of aldehydes is 1. The molecule has 0 saturated carbocycles. The van der Waals surface area contributed by atoms with E-state index in [1.807, 2.05) is 6.92 Å². The summed E-state index contributed by atoms with van der Waals surface area (Å²) in [4.78, 5) is 18.7. The van der Waals surface area contributed by atoms with Crippen molar-refractivity contribution < 1.29 is 14.3 Å². The molecule has 0 saturated heterocycles. The van der Waals surface area contributed by atoms with Crippen molar-refractivity contribution in [1.82, 2.24) is 9.97 Å². The van der Waals surface area contributed by atoms with Crippen LogP contribution in [0.5, 0.6) is 17.5 Å². The van der Waals surface area contributed by atoms with Crippen LogP contribution in [0, 0.1) is 0 Å². The molecular formula is C14H14N2O3. The van der Waals surface area contributed by atoms with E-state index in [1.54, 1.807) is 30.5 Å². The standard InChI is InChI=1S/C14H14N2O3/c1-2-9-18-13-14(16-8-7-15-13)19-12-5-3-11(10-17)4-6-12/h3-8,10H,2,9H2,1H3. The second-order valence-electron chi connectivity index (χ2n) is 3.80. The molecule has 0 aliphatic heterocycles. The first kappa shape index (κ1) is 13.0. The van der Waals surface area contributed by atoms with Gasteiger partial charge in [-0.05, 0) is 30.7 Å². The van der Waals surface area contributed by atoms with Crippen molar-refractivity contribution in [1.29, 1.82) is 0 Å². The molecule has 0 spiro atoms. The molecule has 0 unspecified atom stereocenters. The molecule has 19 heavy (non-hydrogen) atoms. The Labute approximate surface area is 111 Å². The number of hydrogen-bond donors (Lipinski definition) is 0. The van der Waals surface area contributed by atoms with E-state index in [0.29, 0.717) is 29.7 Å². The Kier molecular flexibility index (Phi) is 4.44. The van der Waals surface area contributed by atoms with Gasteiger partial charge in [-0.3, -0.25) is 4.79 Å². The Morgan fingerprint density at radius 3 is 2.42 bits per heavy atom. The van der Waals surface area contributed by atoms with Gasteiger partial charge in [-0.1, -0.05) is 6.92 Å². The molecule has 2 aromatic rings. The molecule has 0 aliphatic rings. The minimum absolute atomic E-state index is 0.315. The molecule has 1 aromatic carbocycles. The number of carbonyl (C=O) groups is 1. The molecule has 0 fully saturated rings. The highest BCUT2D eigenvalue weighted by molar-refractivity contribution is 5.74. The molecule has 0 bridgehead atoms. The van der Waals surface area contributed by atoms with Crippen LogP contribution in [0.1, 0.15) is 23.7 Å². The number of nitrogens with zero attached hydrogens (tertiary/aromatic N) is 2. The summed E-state index contributed by atoms with van der Waals surface area (Å²) in [6.45, 7) is 2.56. The van der Waals surface area contributed by atoms with E-state index >= 15 is 0 Å². The fourth-order valence-corrected chi connectivity index (χ4v) is 1.41. The second-order valence-corrected chi connectivity index (χ2v) is 3.80. The van der Waals surface area contributed by atoms with Gasteiger partial charge in [0.2, 0.25) is 0 Å². The molecule has 0 amide bonds. The van der Waals surface area contributed by atoms with E-state index in [2.05, 4.69) is 9.97 Å². The van der Waals surface area contributed by atoms with Gasteiger partial charge in [0, 0.05) is 18.0 Å². The maximum atomic E-state index is 10.6. The van der Waals surface area contributed by atoms with Gasteiger partial charge in [0.05, 0.1) is 6.61 Å². The minimum Gasteiger partial charge on any atom is -0.474 e. The van der Waals surface area contributed by atoms with Crippen molar-refractivity contribution in [2.45, 2.75) is 13.3 Å². The van der Waals surface area contributed by atoms with Gasteiger partial charge in [0.1, 0.15) is 12.0 Å². The summed E-state index contributed by atoms with van der Waals surface area (Å²) in [7, 11) is 0. The van der Waals surface area contributed by atoms with Gasteiger partial charge < -0.3 is 9.47 Å². The molecule has 0 N–H and O–H groups in total. The molecule has 0 atom stereocenters. The Bertz CT molecular complexity index is 541. The first-order valence-electron chi connectivity index (χ1n) is 6.00. The number of ether oxygens (including phenoxy) is 2. The summed E-state index contributed by atoms with van der Waals surface area (Å²) < 4.78 is 11.0. The van der Waals surface area contributed by atoms with E-state index in [0.717, 1.165) is 12.7 Å². The van der Waals surface area contributed by atoms with Gasteiger partial charge >= 0.3 is 0 Å². The van der Waals surface area contributed by atoms with Crippen LogP contribution in [-0.4, -0.2) is 22.9 Å². The lowest BCUT2D eigenvalue weighted by Gasteiger charge is -2.09. The largest absolute Gasteiger partial charge is 0.474 e. The average molecular weight is 258 g/mol. The second kappa shape index (κ2) is 6.49. The summed E-state index contributed by atoms with van der Waals surface area (Å²) in [5, 5.41) is 0. The van der Waals surface area contributed by atoms with E-state index in [9.17, 15) is 4.79 Å². The minimum atomic E-state index is 0.315. The fraction of sp³-hybridized carbons (Fsp3) is 0.214. The van der Waals surface area contributed by atoms with Crippen molar-refractivity contribution in [2.75, 3.05) is 6.61 Å². The predicted molar refractivity (Wildman–Crippen MR) is 69.7 cm³/mol. The molecule has 1 heterocycles. The van der Waals surface area contributed by atoms with E-state index in [4.69, 9.17) is 9.47 Å². The molecule has 5 nitrogen and oxygen atoms in total. The first-order chi connectivity index (χ1) is 9.33. The smallest absolute Gasteiger partial charge is 0.283 e. The average Bonchev–Trinajstić information content (AvgIpc) is 2.47. The van der Waals surface area contributed by atoms with Crippen molar-refractivity contribution in [3.05, 3.63) is 42.2 Å². The van der Waals surface area contributed by atoms with Crippen LogP contribution in [-0.2, 0) is 0 Å². The van der Waals surface area contributed by atoms with Crippen molar-refractivity contribution >= 4 is 6.29 Å². The highest BCUT2D eigenvalue weighted by atomic mass is 16.5. The van der Waals surface area contributed by atoms with E-state index in [-0.39, 0.29) is 0 Å². The Hall–Kier alpha value is -2.43. The summed E-state index contributed by atoms with van der Waals surface area (Å²) in [6.07, 6.45) is 4.74. The number of benzene rings is 1. The molecule has 2 rings (SSSR count). The maximum Gasteiger partial charge on any atom is 0.283 e. The number of hydrogen-bond acceptors (Lipinski definition) is 5. The third kappa shape index (κ3) is 3.51. The third-order valence-corrected chi connectivity index (χ3v) is 2.31. The Morgan fingerprint density at radius 2 is 1.79 bits per heavy atom. The van der Waals surface area contributed by atoms with Gasteiger partial charge in [-0.2, -0.15) is 0 Å². The van der Waals surface area contributed by atoms with Crippen molar-refractivity contribution in [3.63, 3.8) is 0 Å². The van der Waals surface area contributed by atoms with Crippen molar-refractivity contribution in [3.8, 4) is 17.5 Å². The van der Waals surface area contributed by atoms with Gasteiger partial charge in [-0.25, -0.2) is 9.97 Å². The predicted octanol–water partition coefficient (Wildman–Crippen LogP) is 2.87. The number of aromatic nitrogens is 2. The van der Waals surface area contributed by atoms with Gasteiger partial charge in [-0.15, -0.1) is 0 Å². The summed E-state index contributed by atoms with van der Waals surface area (Å²) in [6, 6.07) is 6.74. The Balaban J connectivity index is 2.14. The third-order valence-electron chi connectivity index (χ3n) is 2.31. The van der Waals surface area contributed by atoms with Crippen LogP contribution in [0.25, 0.3) is 0 Å². The highest BCUT2D eigenvalue weighted by Crippen LogP contribution is 2.26. The summed E-state index contributed by atoms with van der Waals surface area (Å²) in [5.74, 6) is 1.26. The zero-order valence-electron chi connectivity index (χ0n) is 10.6. The molecule has 0 aliphatic carbocycles. The quantitative estimate of drug-likeness (QED) is 0.745. The zero-order chi connectivity index (χ0) is 13.5. The van der Waals surface area contributed by atoms with Gasteiger partial charge in [0.15, 0.2) is 0 Å². The molecule has 1 aromatic heterocycles. The maximum absolute atomic E-state index is 10.6. The topological polar surface area (TPSA) is 61.3 Å². The monoisotopic (exact) mass is 258 g/mol. The lowest BCUT2D eigenvalue weighted by atomic mass is 10.2. The normalized spacial score (nSPS) is 9.95. The van der Waals surface area contributed by atoms with Gasteiger partial charge in [0.25, 0.3) is 11.8 Å². The number of carbonyl (C=O) groups excluding carboxylic acids is 1. The van der Waals surface area contributed by atoms with Crippen LogP contribution >= 0.6 is 0 Å². The van der Waals surface area contributed by atoms with Crippen LogP contribution in [0.15, 0.2) is 36.7 Å². The lowest BCUT2D eigenvalue weighted by Crippen LogP contribution is -2.00. The van der Waals surface area contributed by atoms with Crippen LogP contribution < -0.4 is 9.47 Å². The lowest BCUT2D eigenvalue weighted by molar-refractivity contribution is 0.112. The number of rotatable bonds is 6.